The zero-order valence-corrected chi connectivity index (χ0v) is 18.5. The summed E-state index contributed by atoms with van der Waals surface area (Å²) in [5.41, 5.74) is 0. The van der Waals surface area contributed by atoms with Crippen molar-refractivity contribution in [3.63, 3.8) is 0 Å². The third-order valence-corrected chi connectivity index (χ3v) is 7.58. The summed E-state index contributed by atoms with van der Waals surface area (Å²) >= 11 is 16.1. The van der Waals surface area contributed by atoms with Crippen LogP contribution in [0.4, 0.5) is 0 Å². The largest absolute Gasteiger partial charge is 0.374 e. The number of thiol groups is 3. The predicted molar refractivity (Wildman–Crippen MR) is 111 cm³/mol. The first-order valence-corrected chi connectivity index (χ1v) is 11.4. The van der Waals surface area contributed by atoms with Gasteiger partial charge >= 0.3 is 0 Å². The molecule has 1 aliphatic carbocycles. The third-order valence-electron chi connectivity index (χ3n) is 3.95. The minimum absolute atomic E-state index is 0.0314. The summed E-state index contributed by atoms with van der Waals surface area (Å²) in [5.74, 6) is 1.42. The SMILES string of the molecule is CC1C(S)C(S)C(OCCCSOOO)C(OCCCSOOO)C1S. The lowest BCUT2D eigenvalue weighted by Crippen LogP contribution is -2.57. The van der Waals surface area contributed by atoms with Gasteiger partial charge in [0.1, 0.15) is 0 Å². The molecule has 0 aromatic heterocycles. The summed E-state index contributed by atoms with van der Waals surface area (Å²) in [6.07, 6.45) is 0.952. The van der Waals surface area contributed by atoms with Gasteiger partial charge in [-0.25, -0.2) is 10.5 Å². The first kappa shape index (κ1) is 25.5. The predicted octanol–water partition coefficient (Wildman–Crippen LogP) is 3.22. The summed E-state index contributed by atoms with van der Waals surface area (Å²) in [6.45, 7) is 3.05. The number of rotatable bonds is 14. The molecule has 0 heterocycles. The van der Waals surface area contributed by atoms with Gasteiger partial charge in [0.15, 0.2) is 0 Å². The Hall–Kier alpha value is 1.43. The molecular weight excluding hydrogens is 444 g/mol. The van der Waals surface area contributed by atoms with Gasteiger partial charge < -0.3 is 9.47 Å². The van der Waals surface area contributed by atoms with E-state index in [9.17, 15) is 0 Å². The van der Waals surface area contributed by atoms with Gasteiger partial charge in [-0.2, -0.15) is 37.9 Å². The molecule has 26 heavy (non-hydrogen) atoms. The van der Waals surface area contributed by atoms with E-state index in [4.69, 9.17) is 45.2 Å². The Balaban J connectivity index is 2.47. The molecule has 0 aromatic carbocycles. The minimum Gasteiger partial charge on any atom is -0.374 e. The molecule has 0 amide bonds. The summed E-state index contributed by atoms with van der Waals surface area (Å²) in [5, 5.41) is 23.1. The van der Waals surface area contributed by atoms with E-state index >= 15 is 0 Å². The van der Waals surface area contributed by atoms with Crippen LogP contribution in [-0.4, -0.2) is 63.2 Å². The Morgan fingerprint density at radius 2 is 1.23 bits per heavy atom. The van der Waals surface area contributed by atoms with Crippen LogP contribution < -0.4 is 0 Å². The molecular formula is C13H26O8S5. The van der Waals surface area contributed by atoms with Crippen LogP contribution in [0.5, 0.6) is 0 Å². The van der Waals surface area contributed by atoms with Crippen molar-refractivity contribution in [2.45, 2.75) is 47.7 Å². The van der Waals surface area contributed by atoms with Gasteiger partial charge in [-0.15, -0.1) is 8.67 Å². The van der Waals surface area contributed by atoms with E-state index in [1.54, 1.807) is 0 Å². The maximum absolute atomic E-state index is 8.08. The standard InChI is InChI=1S/C13H26O8S5/c1-8-11(22)9(16-4-2-6-25-20-18-14)10(13(24)12(8)23)17-5-3-7-26-21-19-15/h8-15,22-24H,2-7H2,1H3. The van der Waals surface area contributed by atoms with Crippen molar-refractivity contribution in [2.24, 2.45) is 5.92 Å². The number of hydrogen-bond acceptors (Lipinski definition) is 13. The maximum Gasteiger partial charge on any atom is 0.0973 e. The van der Waals surface area contributed by atoms with Gasteiger partial charge in [-0.1, -0.05) is 17.0 Å². The number of hydrogen-bond donors (Lipinski definition) is 5. The highest BCUT2D eigenvalue weighted by Crippen LogP contribution is 2.38. The Labute approximate surface area is 178 Å². The highest BCUT2D eigenvalue weighted by atomic mass is 32.2. The normalized spacial score (nSPS) is 32.1. The highest BCUT2D eigenvalue weighted by molar-refractivity contribution is 7.94. The van der Waals surface area contributed by atoms with Crippen molar-refractivity contribution < 1.29 is 38.7 Å². The van der Waals surface area contributed by atoms with E-state index in [1.165, 1.54) is 0 Å². The van der Waals surface area contributed by atoms with Gasteiger partial charge in [0.25, 0.3) is 0 Å². The van der Waals surface area contributed by atoms with Crippen LogP contribution in [0.25, 0.3) is 0 Å². The maximum atomic E-state index is 8.08. The second-order valence-corrected chi connectivity index (χ2v) is 8.99. The summed E-state index contributed by atoms with van der Waals surface area (Å²) in [7, 11) is 0. The van der Waals surface area contributed by atoms with Crippen LogP contribution in [-0.2, 0) is 28.2 Å². The molecule has 0 bridgehead atoms. The zero-order chi connectivity index (χ0) is 19.4. The van der Waals surface area contributed by atoms with Crippen LogP contribution in [0.15, 0.2) is 0 Å². The van der Waals surface area contributed by atoms with Crippen molar-refractivity contribution in [1.82, 2.24) is 0 Å². The molecule has 6 atom stereocenters. The van der Waals surface area contributed by atoms with E-state index in [0.29, 0.717) is 37.6 Å². The van der Waals surface area contributed by atoms with Crippen LogP contribution in [0.3, 0.4) is 0 Å². The Kier molecular flexibility index (Phi) is 15.0. The zero-order valence-electron chi connectivity index (χ0n) is 14.2. The van der Waals surface area contributed by atoms with Gasteiger partial charge in [0, 0.05) is 64.6 Å². The molecule has 0 radical (unpaired) electrons. The summed E-state index contributed by atoms with van der Waals surface area (Å²) in [6, 6.07) is 0. The monoisotopic (exact) mass is 470 g/mol. The first-order valence-electron chi connectivity index (χ1n) is 8.01. The highest BCUT2D eigenvalue weighted by Gasteiger charge is 2.46. The van der Waals surface area contributed by atoms with E-state index < -0.39 is 0 Å². The second kappa shape index (κ2) is 15.3. The average Bonchev–Trinajstić information content (AvgIpc) is 2.64. The fourth-order valence-electron chi connectivity index (χ4n) is 2.57. The molecule has 1 saturated carbocycles. The quantitative estimate of drug-likeness (QED) is 0.0856. The number of ether oxygens (including phenoxy) is 2. The van der Waals surface area contributed by atoms with Gasteiger partial charge in [-0.3, -0.25) is 0 Å². The fraction of sp³-hybridized carbons (Fsp3) is 1.00. The minimum atomic E-state index is -0.246. The lowest BCUT2D eigenvalue weighted by atomic mass is 9.84. The van der Waals surface area contributed by atoms with Crippen molar-refractivity contribution in [3.05, 3.63) is 0 Å². The van der Waals surface area contributed by atoms with Crippen LogP contribution >= 0.6 is 62.0 Å². The van der Waals surface area contributed by atoms with Crippen molar-refractivity contribution in [2.75, 3.05) is 24.7 Å². The first-order chi connectivity index (χ1) is 12.5. The molecule has 1 aliphatic rings. The molecule has 0 aliphatic heterocycles. The molecule has 2 N–H and O–H groups in total. The Bertz CT molecular complexity index is 326. The second-order valence-electron chi connectivity index (χ2n) is 5.64. The summed E-state index contributed by atoms with van der Waals surface area (Å²) < 4.78 is 20.7. The van der Waals surface area contributed by atoms with E-state index in [1.807, 2.05) is 0 Å². The molecule has 8 nitrogen and oxygen atoms in total. The fourth-order valence-corrected chi connectivity index (χ4v) is 4.72. The average molecular weight is 471 g/mol. The van der Waals surface area contributed by atoms with Gasteiger partial charge in [0.05, 0.1) is 12.2 Å². The molecule has 0 aromatic rings. The van der Waals surface area contributed by atoms with E-state index in [0.717, 1.165) is 24.1 Å². The van der Waals surface area contributed by atoms with Crippen molar-refractivity contribution in [3.8, 4) is 0 Å². The van der Waals surface area contributed by atoms with Gasteiger partial charge in [0.2, 0.25) is 0 Å². The molecule has 0 saturated heterocycles. The van der Waals surface area contributed by atoms with Crippen molar-refractivity contribution in [1.29, 1.82) is 0 Å². The summed E-state index contributed by atoms with van der Waals surface area (Å²) in [4.78, 5) is 0. The molecule has 6 unspecified atom stereocenters. The van der Waals surface area contributed by atoms with Gasteiger partial charge in [-0.05, 0) is 18.8 Å². The molecule has 156 valence electrons. The lowest BCUT2D eigenvalue weighted by Gasteiger charge is -2.46. The lowest BCUT2D eigenvalue weighted by molar-refractivity contribution is -0.432. The smallest absolute Gasteiger partial charge is 0.0973 e. The van der Waals surface area contributed by atoms with Crippen molar-refractivity contribution >= 4 is 62.0 Å². The van der Waals surface area contributed by atoms with E-state index in [-0.39, 0.29) is 33.9 Å². The molecule has 13 heteroatoms. The Morgan fingerprint density at radius 3 is 1.69 bits per heavy atom. The van der Waals surface area contributed by atoms with Crippen LogP contribution in [0, 0.1) is 5.92 Å². The third kappa shape index (κ3) is 8.84. The topological polar surface area (TPSA) is 95.8 Å². The van der Waals surface area contributed by atoms with E-state index in [2.05, 4.69) is 38.3 Å². The van der Waals surface area contributed by atoms with Crippen LogP contribution in [0.1, 0.15) is 19.8 Å². The Morgan fingerprint density at radius 1 is 0.769 bits per heavy atom. The molecule has 1 rings (SSSR count). The molecule has 1 fully saturated rings. The molecule has 0 spiro atoms. The van der Waals surface area contributed by atoms with Crippen LogP contribution in [0.2, 0.25) is 0 Å².